The summed E-state index contributed by atoms with van der Waals surface area (Å²) in [5.41, 5.74) is 0. The second-order valence-corrected chi connectivity index (χ2v) is 4.38. The van der Waals surface area contributed by atoms with Crippen molar-refractivity contribution in [3.63, 3.8) is 0 Å². The summed E-state index contributed by atoms with van der Waals surface area (Å²) < 4.78 is 15.9. The Morgan fingerprint density at radius 1 is 1.31 bits per heavy atom. The van der Waals surface area contributed by atoms with Gasteiger partial charge in [-0.25, -0.2) is 0 Å². The third-order valence-corrected chi connectivity index (χ3v) is 2.86. The lowest BCUT2D eigenvalue weighted by molar-refractivity contribution is -0.139. The highest BCUT2D eigenvalue weighted by Gasteiger charge is 2.07. The van der Waals surface area contributed by atoms with Gasteiger partial charge in [0.1, 0.15) is 5.75 Å². The minimum Gasteiger partial charge on any atom is -0.465 e. The number of ether oxygens (including phenoxy) is 1. The second-order valence-electron chi connectivity index (χ2n) is 2.80. The molecule has 0 saturated carbocycles. The molecule has 0 bridgehead atoms. The highest BCUT2D eigenvalue weighted by molar-refractivity contribution is 7.85. The van der Waals surface area contributed by atoms with Crippen molar-refractivity contribution in [2.45, 2.75) is 33.1 Å². The summed E-state index contributed by atoms with van der Waals surface area (Å²) in [6.45, 7) is 4.21. The molecule has 0 amide bonds. The van der Waals surface area contributed by atoms with E-state index >= 15 is 0 Å². The van der Waals surface area contributed by atoms with Crippen molar-refractivity contribution < 1.29 is 13.7 Å². The fourth-order valence-corrected chi connectivity index (χ4v) is 1.94. The monoisotopic (exact) mass is 206 g/mol. The van der Waals surface area contributed by atoms with Gasteiger partial charge in [0, 0.05) is 16.6 Å². The van der Waals surface area contributed by atoms with E-state index in [0.717, 1.165) is 19.3 Å². The lowest BCUT2D eigenvalue weighted by Crippen LogP contribution is -2.15. The van der Waals surface area contributed by atoms with Crippen LogP contribution in [0, 0.1) is 0 Å². The Kier molecular flexibility index (Phi) is 7.99. The predicted octanol–water partition coefficient (Wildman–Crippen LogP) is 1.49. The molecule has 0 saturated heterocycles. The maximum Gasteiger partial charge on any atom is 0.318 e. The number of unbranched alkanes of at least 4 members (excludes halogenated alkanes) is 2. The molecule has 78 valence electrons. The number of rotatable bonds is 7. The Morgan fingerprint density at radius 3 is 2.54 bits per heavy atom. The molecule has 0 fully saturated rings. The molecule has 0 aromatic heterocycles. The van der Waals surface area contributed by atoms with Crippen molar-refractivity contribution in [2.24, 2.45) is 0 Å². The van der Waals surface area contributed by atoms with Gasteiger partial charge in [-0.2, -0.15) is 0 Å². The van der Waals surface area contributed by atoms with Gasteiger partial charge in [-0.1, -0.05) is 19.8 Å². The molecule has 3 nitrogen and oxygen atoms in total. The molecule has 0 N–H and O–H groups in total. The van der Waals surface area contributed by atoms with Crippen LogP contribution in [0.2, 0.25) is 0 Å². The molecule has 0 radical (unpaired) electrons. The predicted molar refractivity (Wildman–Crippen MR) is 54.0 cm³/mol. The van der Waals surface area contributed by atoms with Crippen molar-refractivity contribution in [1.29, 1.82) is 0 Å². The quantitative estimate of drug-likeness (QED) is 0.468. The van der Waals surface area contributed by atoms with E-state index in [9.17, 15) is 9.00 Å². The Bertz CT molecular complexity index is 168. The standard InChI is InChI=1S/C9H18O3S/c1-3-5-6-7-13(11)8-9(10)12-4-2/h3-8H2,1-2H3. The Hall–Kier alpha value is -0.380. The molecule has 1 atom stereocenters. The molecule has 0 aliphatic heterocycles. The van der Waals surface area contributed by atoms with Crippen LogP contribution in [0.1, 0.15) is 33.1 Å². The largest absolute Gasteiger partial charge is 0.465 e. The van der Waals surface area contributed by atoms with Crippen LogP contribution in [0.3, 0.4) is 0 Å². The van der Waals surface area contributed by atoms with Crippen LogP contribution in [0.5, 0.6) is 0 Å². The van der Waals surface area contributed by atoms with Crippen molar-refractivity contribution in [3.8, 4) is 0 Å². The number of carbonyl (C=O) groups is 1. The van der Waals surface area contributed by atoms with E-state index in [1.54, 1.807) is 6.92 Å². The highest BCUT2D eigenvalue weighted by atomic mass is 32.2. The molecule has 0 aliphatic carbocycles. The average molecular weight is 206 g/mol. The van der Waals surface area contributed by atoms with Crippen molar-refractivity contribution in [2.75, 3.05) is 18.1 Å². The third-order valence-electron chi connectivity index (χ3n) is 1.56. The van der Waals surface area contributed by atoms with E-state index in [1.807, 2.05) is 0 Å². The van der Waals surface area contributed by atoms with E-state index in [0.29, 0.717) is 12.4 Å². The van der Waals surface area contributed by atoms with Gasteiger partial charge in [0.2, 0.25) is 0 Å². The molecular formula is C9H18O3S. The molecule has 4 heteroatoms. The van der Waals surface area contributed by atoms with Crippen LogP contribution in [0.25, 0.3) is 0 Å². The van der Waals surface area contributed by atoms with Gasteiger partial charge in [0.15, 0.2) is 0 Å². The minimum absolute atomic E-state index is 0.0531. The Balaban J connectivity index is 3.44. The number of hydrogen-bond acceptors (Lipinski definition) is 3. The number of hydrogen-bond donors (Lipinski definition) is 0. The van der Waals surface area contributed by atoms with Crippen molar-refractivity contribution in [3.05, 3.63) is 0 Å². The first kappa shape index (κ1) is 12.6. The van der Waals surface area contributed by atoms with E-state index in [4.69, 9.17) is 0 Å². The molecule has 0 aromatic carbocycles. The Morgan fingerprint density at radius 2 is 2.00 bits per heavy atom. The van der Waals surface area contributed by atoms with Crippen LogP contribution in [0.15, 0.2) is 0 Å². The summed E-state index contributed by atoms with van der Waals surface area (Å²) in [5, 5.41) is 0. The smallest absolute Gasteiger partial charge is 0.318 e. The topological polar surface area (TPSA) is 43.4 Å². The van der Waals surface area contributed by atoms with Gasteiger partial charge in [-0.15, -0.1) is 0 Å². The molecule has 0 aromatic rings. The van der Waals surface area contributed by atoms with Crippen molar-refractivity contribution >= 4 is 16.8 Å². The molecule has 0 heterocycles. The van der Waals surface area contributed by atoms with Crippen LogP contribution >= 0.6 is 0 Å². The number of carbonyl (C=O) groups excluding carboxylic acids is 1. The zero-order valence-electron chi connectivity index (χ0n) is 8.38. The lowest BCUT2D eigenvalue weighted by Gasteiger charge is -2.01. The van der Waals surface area contributed by atoms with Gasteiger partial charge >= 0.3 is 5.97 Å². The van der Waals surface area contributed by atoms with Gasteiger partial charge < -0.3 is 4.74 Å². The summed E-state index contributed by atoms with van der Waals surface area (Å²) >= 11 is 0. The highest BCUT2D eigenvalue weighted by Crippen LogP contribution is 1.97. The van der Waals surface area contributed by atoms with E-state index < -0.39 is 10.8 Å². The number of esters is 1. The summed E-state index contributed by atoms with van der Waals surface area (Å²) in [6.07, 6.45) is 3.12. The maximum atomic E-state index is 11.2. The fourth-order valence-electron chi connectivity index (χ4n) is 0.919. The summed E-state index contributed by atoms with van der Waals surface area (Å²) in [6, 6.07) is 0. The second kappa shape index (κ2) is 8.23. The fraction of sp³-hybridized carbons (Fsp3) is 0.889. The van der Waals surface area contributed by atoms with E-state index in [-0.39, 0.29) is 11.7 Å². The molecule has 0 rings (SSSR count). The first-order chi connectivity index (χ1) is 6.20. The maximum absolute atomic E-state index is 11.2. The van der Waals surface area contributed by atoms with E-state index in [2.05, 4.69) is 11.7 Å². The van der Waals surface area contributed by atoms with E-state index in [1.165, 1.54) is 0 Å². The molecule has 1 unspecified atom stereocenters. The molecule has 0 aliphatic rings. The SMILES string of the molecule is CCCCCS(=O)CC(=O)OCC. The summed E-state index contributed by atoms with van der Waals surface area (Å²) in [5.74, 6) is 0.321. The van der Waals surface area contributed by atoms with Crippen LogP contribution < -0.4 is 0 Å². The first-order valence-electron chi connectivity index (χ1n) is 4.71. The summed E-state index contributed by atoms with van der Waals surface area (Å²) in [7, 11) is -1.03. The molecule has 13 heavy (non-hydrogen) atoms. The van der Waals surface area contributed by atoms with Gasteiger partial charge in [0.05, 0.1) is 6.61 Å². The zero-order valence-corrected chi connectivity index (χ0v) is 9.19. The van der Waals surface area contributed by atoms with Gasteiger partial charge in [0.25, 0.3) is 0 Å². The van der Waals surface area contributed by atoms with Crippen LogP contribution in [-0.4, -0.2) is 28.3 Å². The van der Waals surface area contributed by atoms with Crippen LogP contribution in [0.4, 0.5) is 0 Å². The van der Waals surface area contributed by atoms with Crippen molar-refractivity contribution in [1.82, 2.24) is 0 Å². The van der Waals surface area contributed by atoms with Crippen LogP contribution in [-0.2, 0) is 20.3 Å². The minimum atomic E-state index is -1.03. The Labute approximate surface area is 82.3 Å². The first-order valence-corrected chi connectivity index (χ1v) is 6.20. The third kappa shape index (κ3) is 7.96. The average Bonchev–Trinajstić information content (AvgIpc) is 2.05. The summed E-state index contributed by atoms with van der Waals surface area (Å²) in [4.78, 5) is 10.9. The molecule has 0 spiro atoms. The lowest BCUT2D eigenvalue weighted by atomic mass is 10.3. The molecular weight excluding hydrogens is 188 g/mol. The normalized spacial score (nSPS) is 12.5. The van der Waals surface area contributed by atoms with Gasteiger partial charge in [-0.05, 0) is 13.3 Å². The van der Waals surface area contributed by atoms with Gasteiger partial charge in [-0.3, -0.25) is 9.00 Å². The zero-order chi connectivity index (χ0) is 10.1.